The third-order valence-corrected chi connectivity index (χ3v) is 4.35. The van der Waals surface area contributed by atoms with E-state index in [4.69, 9.17) is 5.73 Å². The van der Waals surface area contributed by atoms with Crippen LogP contribution < -0.4 is 5.73 Å². The second-order valence-corrected chi connectivity index (χ2v) is 6.24. The lowest BCUT2D eigenvalue weighted by atomic mass is 10.1. The Bertz CT molecular complexity index is 512. The van der Waals surface area contributed by atoms with Crippen LogP contribution in [0.3, 0.4) is 0 Å². The quantitative estimate of drug-likeness (QED) is 0.824. The normalized spacial score (nSPS) is 12.8. The van der Waals surface area contributed by atoms with Gasteiger partial charge in [-0.05, 0) is 31.0 Å². The second kappa shape index (κ2) is 7.43. The van der Waals surface area contributed by atoms with E-state index in [9.17, 15) is 5.11 Å². The van der Waals surface area contributed by atoms with E-state index in [1.54, 1.807) is 11.3 Å². The number of rotatable bonds is 7. The number of nitrogen functional groups attached to an aromatic ring is 1. The summed E-state index contributed by atoms with van der Waals surface area (Å²) in [4.78, 5) is 3.61. The van der Waals surface area contributed by atoms with Crippen LogP contribution in [-0.4, -0.2) is 29.2 Å². The summed E-state index contributed by atoms with van der Waals surface area (Å²) in [5.74, 6) is 0. The zero-order chi connectivity index (χ0) is 14.4. The number of aliphatic hydroxyl groups is 1. The zero-order valence-electron chi connectivity index (χ0n) is 11.8. The number of hydrogen-bond donors (Lipinski definition) is 2. The van der Waals surface area contributed by atoms with E-state index >= 15 is 0 Å². The van der Waals surface area contributed by atoms with Gasteiger partial charge in [0.1, 0.15) is 0 Å². The summed E-state index contributed by atoms with van der Waals surface area (Å²) in [5, 5.41) is 10.1. The molecular formula is C16H22N2OS. The Morgan fingerprint density at radius 2 is 1.95 bits per heavy atom. The van der Waals surface area contributed by atoms with Gasteiger partial charge >= 0.3 is 0 Å². The summed E-state index contributed by atoms with van der Waals surface area (Å²) in [6.07, 6.45) is 0.967. The first-order chi connectivity index (χ1) is 9.69. The SMILES string of the molecule is CC(Cc1ccc(N)s1)N(CCO)Cc1ccccc1. The fourth-order valence-corrected chi connectivity index (χ4v) is 3.23. The molecule has 1 atom stereocenters. The standard InChI is InChI=1S/C16H22N2OS/c1-13(11-15-7-8-16(17)20-15)18(9-10-19)12-14-5-3-2-4-6-14/h2-8,13,19H,9-12,17H2,1H3. The van der Waals surface area contributed by atoms with Gasteiger partial charge in [0.2, 0.25) is 0 Å². The maximum atomic E-state index is 9.27. The number of nitrogens with zero attached hydrogens (tertiary/aromatic N) is 1. The highest BCUT2D eigenvalue weighted by Crippen LogP contribution is 2.21. The van der Waals surface area contributed by atoms with Crippen LogP contribution in [0.15, 0.2) is 42.5 Å². The summed E-state index contributed by atoms with van der Waals surface area (Å²) in [6.45, 7) is 3.94. The van der Waals surface area contributed by atoms with Crippen LogP contribution in [0.2, 0.25) is 0 Å². The molecule has 2 aromatic rings. The third-order valence-electron chi connectivity index (χ3n) is 3.42. The molecule has 0 aliphatic carbocycles. The number of aliphatic hydroxyl groups excluding tert-OH is 1. The van der Waals surface area contributed by atoms with Crippen LogP contribution in [0, 0.1) is 0 Å². The first-order valence-corrected chi connectivity index (χ1v) is 7.73. The predicted octanol–water partition coefficient (Wildman–Crippen LogP) is 2.76. The molecule has 0 radical (unpaired) electrons. The Morgan fingerprint density at radius 3 is 2.55 bits per heavy atom. The van der Waals surface area contributed by atoms with Gasteiger partial charge < -0.3 is 10.8 Å². The molecule has 3 N–H and O–H groups in total. The molecule has 0 aliphatic heterocycles. The smallest absolute Gasteiger partial charge is 0.0859 e. The Hall–Kier alpha value is -1.36. The van der Waals surface area contributed by atoms with E-state index in [1.807, 2.05) is 12.1 Å². The van der Waals surface area contributed by atoms with Crippen LogP contribution in [0.1, 0.15) is 17.4 Å². The Labute approximate surface area is 124 Å². The zero-order valence-corrected chi connectivity index (χ0v) is 12.6. The van der Waals surface area contributed by atoms with E-state index in [1.165, 1.54) is 10.4 Å². The molecule has 0 spiro atoms. The topological polar surface area (TPSA) is 49.5 Å². The summed E-state index contributed by atoms with van der Waals surface area (Å²) in [6, 6.07) is 14.8. The highest BCUT2D eigenvalue weighted by Gasteiger charge is 2.15. The van der Waals surface area contributed by atoms with Crippen molar-refractivity contribution in [2.24, 2.45) is 0 Å². The lowest BCUT2D eigenvalue weighted by Crippen LogP contribution is -2.36. The van der Waals surface area contributed by atoms with E-state index < -0.39 is 0 Å². The fraction of sp³-hybridized carbons (Fsp3) is 0.375. The molecule has 0 saturated carbocycles. The van der Waals surface area contributed by atoms with Crippen LogP contribution in [0.4, 0.5) is 5.00 Å². The molecular weight excluding hydrogens is 268 g/mol. The molecule has 0 saturated heterocycles. The molecule has 0 amide bonds. The van der Waals surface area contributed by atoms with Crippen molar-refractivity contribution in [1.29, 1.82) is 0 Å². The first-order valence-electron chi connectivity index (χ1n) is 6.92. The van der Waals surface area contributed by atoms with E-state index in [2.05, 4.69) is 42.2 Å². The van der Waals surface area contributed by atoms with Crippen molar-refractivity contribution >= 4 is 16.3 Å². The van der Waals surface area contributed by atoms with Gasteiger partial charge in [0.05, 0.1) is 11.6 Å². The van der Waals surface area contributed by atoms with Crippen LogP contribution in [0.25, 0.3) is 0 Å². The van der Waals surface area contributed by atoms with Crippen molar-refractivity contribution in [2.45, 2.75) is 25.9 Å². The fourth-order valence-electron chi connectivity index (χ4n) is 2.33. The van der Waals surface area contributed by atoms with Crippen molar-refractivity contribution in [3.63, 3.8) is 0 Å². The molecule has 0 fully saturated rings. The van der Waals surface area contributed by atoms with Gasteiger partial charge in [-0.3, -0.25) is 4.90 Å². The minimum Gasteiger partial charge on any atom is -0.395 e. The predicted molar refractivity (Wildman–Crippen MR) is 85.8 cm³/mol. The molecule has 1 heterocycles. The highest BCUT2D eigenvalue weighted by atomic mass is 32.1. The molecule has 3 nitrogen and oxygen atoms in total. The Balaban J connectivity index is 1.99. The second-order valence-electron chi connectivity index (χ2n) is 5.04. The van der Waals surface area contributed by atoms with Crippen molar-refractivity contribution in [1.82, 2.24) is 4.90 Å². The van der Waals surface area contributed by atoms with Gasteiger partial charge in [0.25, 0.3) is 0 Å². The largest absolute Gasteiger partial charge is 0.395 e. The monoisotopic (exact) mass is 290 g/mol. The van der Waals surface area contributed by atoms with Crippen molar-refractivity contribution in [3.05, 3.63) is 52.9 Å². The van der Waals surface area contributed by atoms with E-state index in [-0.39, 0.29) is 6.61 Å². The van der Waals surface area contributed by atoms with Crippen LogP contribution in [-0.2, 0) is 13.0 Å². The first kappa shape index (κ1) is 15.0. The van der Waals surface area contributed by atoms with Gasteiger partial charge in [0, 0.05) is 24.0 Å². The minimum atomic E-state index is 0.184. The summed E-state index contributed by atoms with van der Waals surface area (Å²) >= 11 is 1.65. The molecule has 1 aromatic heterocycles. The number of benzene rings is 1. The summed E-state index contributed by atoms with van der Waals surface area (Å²) in [5.41, 5.74) is 7.05. The lowest BCUT2D eigenvalue weighted by Gasteiger charge is -2.28. The molecule has 108 valence electrons. The van der Waals surface area contributed by atoms with Gasteiger partial charge in [-0.2, -0.15) is 0 Å². The molecule has 2 rings (SSSR count). The van der Waals surface area contributed by atoms with Crippen molar-refractivity contribution in [3.8, 4) is 0 Å². The van der Waals surface area contributed by atoms with Crippen LogP contribution >= 0.6 is 11.3 Å². The molecule has 0 bridgehead atoms. The minimum absolute atomic E-state index is 0.184. The van der Waals surface area contributed by atoms with Gasteiger partial charge in [-0.25, -0.2) is 0 Å². The maximum absolute atomic E-state index is 9.27. The molecule has 1 unspecified atom stereocenters. The molecule has 4 heteroatoms. The summed E-state index contributed by atoms with van der Waals surface area (Å²) in [7, 11) is 0. The lowest BCUT2D eigenvalue weighted by molar-refractivity contribution is 0.151. The van der Waals surface area contributed by atoms with Gasteiger partial charge in [0.15, 0.2) is 0 Å². The van der Waals surface area contributed by atoms with Crippen molar-refractivity contribution in [2.75, 3.05) is 18.9 Å². The number of anilines is 1. The summed E-state index contributed by atoms with van der Waals surface area (Å²) < 4.78 is 0. The van der Waals surface area contributed by atoms with Gasteiger partial charge in [-0.15, -0.1) is 11.3 Å². The third kappa shape index (κ3) is 4.34. The van der Waals surface area contributed by atoms with Crippen molar-refractivity contribution < 1.29 is 5.11 Å². The Morgan fingerprint density at radius 1 is 1.20 bits per heavy atom. The maximum Gasteiger partial charge on any atom is 0.0859 e. The number of nitrogens with two attached hydrogens (primary N) is 1. The van der Waals surface area contributed by atoms with Gasteiger partial charge in [-0.1, -0.05) is 30.3 Å². The average Bonchev–Trinajstić information content (AvgIpc) is 2.85. The molecule has 1 aromatic carbocycles. The number of hydrogen-bond acceptors (Lipinski definition) is 4. The average molecular weight is 290 g/mol. The molecule has 0 aliphatic rings. The number of thiophene rings is 1. The highest BCUT2D eigenvalue weighted by molar-refractivity contribution is 7.15. The van der Waals surface area contributed by atoms with E-state index in [0.717, 1.165) is 18.0 Å². The van der Waals surface area contributed by atoms with Crippen LogP contribution in [0.5, 0.6) is 0 Å². The molecule has 20 heavy (non-hydrogen) atoms. The Kier molecular flexibility index (Phi) is 5.59. The van der Waals surface area contributed by atoms with E-state index in [0.29, 0.717) is 12.6 Å².